The number of methoxy groups -OCH3 is 1. The maximum Gasteiger partial charge on any atom is 0.134 e. The van der Waals surface area contributed by atoms with Crippen molar-refractivity contribution in [2.45, 2.75) is 12.3 Å². The van der Waals surface area contributed by atoms with E-state index in [9.17, 15) is 0 Å². The van der Waals surface area contributed by atoms with Gasteiger partial charge in [-0.3, -0.25) is 4.90 Å². The molecule has 1 saturated heterocycles. The second kappa shape index (κ2) is 7.54. The van der Waals surface area contributed by atoms with E-state index in [1.165, 1.54) is 27.8 Å². The van der Waals surface area contributed by atoms with Gasteiger partial charge in [0.25, 0.3) is 0 Å². The third-order valence-corrected chi connectivity index (χ3v) is 6.41. The summed E-state index contributed by atoms with van der Waals surface area (Å²) in [5.74, 6) is 2.62. The van der Waals surface area contributed by atoms with Gasteiger partial charge in [-0.15, -0.1) is 0 Å². The quantitative estimate of drug-likeness (QED) is 0.637. The Morgan fingerprint density at radius 1 is 1.04 bits per heavy atom. The highest BCUT2D eigenvalue weighted by Crippen LogP contribution is 2.47. The van der Waals surface area contributed by atoms with E-state index >= 15 is 0 Å². The molecule has 0 amide bonds. The molecule has 3 nitrogen and oxygen atoms in total. The van der Waals surface area contributed by atoms with Crippen molar-refractivity contribution in [1.29, 1.82) is 0 Å². The number of rotatable bonds is 5. The molecule has 1 aliphatic heterocycles. The molecule has 0 bridgehead atoms. The van der Waals surface area contributed by atoms with Gasteiger partial charge in [0, 0.05) is 44.5 Å². The molecule has 2 fully saturated rings. The van der Waals surface area contributed by atoms with Gasteiger partial charge in [0.15, 0.2) is 0 Å². The van der Waals surface area contributed by atoms with E-state index in [1.54, 1.807) is 7.11 Å². The van der Waals surface area contributed by atoms with E-state index in [-0.39, 0.29) is 0 Å². The molecule has 0 N–H and O–H groups in total. The molecule has 1 heterocycles. The van der Waals surface area contributed by atoms with Gasteiger partial charge in [0.05, 0.1) is 10.7 Å². The number of piperazine rings is 1. The van der Waals surface area contributed by atoms with E-state index in [1.807, 2.05) is 0 Å². The van der Waals surface area contributed by atoms with Gasteiger partial charge in [0.1, 0.15) is 5.75 Å². The van der Waals surface area contributed by atoms with Crippen LogP contribution in [0.1, 0.15) is 17.9 Å². The summed E-state index contributed by atoms with van der Waals surface area (Å²) in [5.41, 5.74) is 2.81. The van der Waals surface area contributed by atoms with Crippen molar-refractivity contribution < 1.29 is 4.74 Å². The molecule has 2 atom stereocenters. The van der Waals surface area contributed by atoms with E-state index in [0.29, 0.717) is 0 Å². The molecule has 2 aromatic rings. The Bertz CT molecular complexity index is 713. The fourth-order valence-corrected chi connectivity index (χ4v) is 4.48. The highest BCUT2D eigenvalue weighted by atomic mass is 127. The van der Waals surface area contributed by atoms with Crippen LogP contribution in [0.3, 0.4) is 0 Å². The van der Waals surface area contributed by atoms with Crippen molar-refractivity contribution in [1.82, 2.24) is 4.90 Å². The average molecular weight is 448 g/mol. The molecule has 1 saturated carbocycles. The Hall–Kier alpha value is -1.27. The predicted octanol–water partition coefficient (Wildman–Crippen LogP) is 4.23. The summed E-state index contributed by atoms with van der Waals surface area (Å²) >= 11 is 2.33. The van der Waals surface area contributed by atoms with Crippen LogP contribution in [0, 0.1) is 9.49 Å². The van der Waals surface area contributed by atoms with Crippen molar-refractivity contribution in [3.63, 3.8) is 0 Å². The van der Waals surface area contributed by atoms with Crippen molar-refractivity contribution >= 4 is 28.3 Å². The maximum atomic E-state index is 5.47. The van der Waals surface area contributed by atoms with Gasteiger partial charge in [0.2, 0.25) is 0 Å². The first-order valence-corrected chi connectivity index (χ1v) is 10.2. The van der Waals surface area contributed by atoms with Crippen LogP contribution < -0.4 is 9.64 Å². The molecule has 1 aliphatic carbocycles. The van der Waals surface area contributed by atoms with Gasteiger partial charge in [-0.05, 0) is 58.5 Å². The first-order valence-electron chi connectivity index (χ1n) is 9.10. The highest BCUT2D eigenvalue weighted by molar-refractivity contribution is 14.1. The molecular formula is C21H25IN2O. The van der Waals surface area contributed by atoms with Crippen LogP contribution in [0.25, 0.3) is 0 Å². The fourth-order valence-electron chi connectivity index (χ4n) is 3.92. The van der Waals surface area contributed by atoms with Crippen molar-refractivity contribution in [2.24, 2.45) is 5.92 Å². The lowest BCUT2D eigenvalue weighted by atomic mass is 10.1. The summed E-state index contributed by atoms with van der Waals surface area (Å²) in [5, 5.41) is 0. The van der Waals surface area contributed by atoms with Crippen molar-refractivity contribution in [3.05, 3.63) is 57.7 Å². The van der Waals surface area contributed by atoms with Crippen molar-refractivity contribution in [3.8, 4) is 5.75 Å². The normalized spacial score (nSPS) is 23.5. The number of anilines is 1. The van der Waals surface area contributed by atoms with E-state index in [4.69, 9.17) is 4.74 Å². The largest absolute Gasteiger partial charge is 0.496 e. The van der Waals surface area contributed by atoms with Crippen LogP contribution >= 0.6 is 22.6 Å². The topological polar surface area (TPSA) is 15.7 Å². The highest BCUT2D eigenvalue weighted by Gasteiger charge is 2.39. The Kier molecular flexibility index (Phi) is 5.17. The molecule has 25 heavy (non-hydrogen) atoms. The molecule has 4 rings (SSSR count). The van der Waals surface area contributed by atoms with Crippen LogP contribution in [-0.4, -0.2) is 44.7 Å². The Morgan fingerprint density at radius 2 is 1.80 bits per heavy atom. The van der Waals surface area contributed by atoms with Crippen LogP contribution in [0.2, 0.25) is 0 Å². The Labute approximate surface area is 164 Å². The van der Waals surface area contributed by atoms with Crippen LogP contribution in [0.15, 0.2) is 48.5 Å². The molecule has 0 aromatic heterocycles. The Morgan fingerprint density at radius 3 is 2.52 bits per heavy atom. The summed E-state index contributed by atoms with van der Waals surface area (Å²) in [6.07, 6.45) is 1.36. The first kappa shape index (κ1) is 17.2. The maximum absolute atomic E-state index is 5.47. The van der Waals surface area contributed by atoms with Gasteiger partial charge in [-0.1, -0.05) is 30.3 Å². The number of nitrogens with zero attached hydrogens (tertiary/aromatic N) is 2. The molecule has 0 spiro atoms. The summed E-state index contributed by atoms with van der Waals surface area (Å²) in [6, 6.07) is 17.5. The molecule has 4 heteroatoms. The zero-order valence-electron chi connectivity index (χ0n) is 14.7. The lowest BCUT2D eigenvalue weighted by Crippen LogP contribution is -2.47. The molecule has 132 valence electrons. The molecular weight excluding hydrogens is 423 g/mol. The Balaban J connectivity index is 1.29. The monoisotopic (exact) mass is 448 g/mol. The second-order valence-electron chi connectivity index (χ2n) is 7.12. The van der Waals surface area contributed by atoms with Gasteiger partial charge in [-0.2, -0.15) is 0 Å². The standard InChI is InChI=1S/C21H25IN2O/c1-25-21-14-18(7-8-20(21)22)24-11-9-23(10-12-24)15-17-13-19(17)16-5-3-2-4-6-16/h2-8,14,17,19H,9-13,15H2,1H3/t17-,19-/m0/s1. The number of hydrogen-bond acceptors (Lipinski definition) is 3. The van der Waals surface area contributed by atoms with Gasteiger partial charge in [-0.25, -0.2) is 0 Å². The average Bonchev–Trinajstić information content (AvgIpc) is 3.43. The number of halogens is 1. The fraction of sp³-hybridized carbons (Fsp3) is 0.429. The first-order chi connectivity index (χ1) is 12.2. The summed E-state index contributed by atoms with van der Waals surface area (Å²) in [7, 11) is 1.75. The molecule has 0 radical (unpaired) electrons. The third kappa shape index (κ3) is 3.95. The number of hydrogen-bond donors (Lipinski definition) is 0. The van der Waals surface area contributed by atoms with Crippen molar-refractivity contribution in [2.75, 3.05) is 44.7 Å². The number of ether oxygens (including phenoxy) is 1. The van der Waals surface area contributed by atoms with E-state index < -0.39 is 0 Å². The van der Waals surface area contributed by atoms with Gasteiger partial charge < -0.3 is 9.64 Å². The minimum absolute atomic E-state index is 0.791. The lowest BCUT2D eigenvalue weighted by Gasteiger charge is -2.36. The zero-order chi connectivity index (χ0) is 17.2. The van der Waals surface area contributed by atoms with E-state index in [0.717, 1.165) is 43.8 Å². The minimum atomic E-state index is 0.791. The van der Waals surface area contributed by atoms with Crippen LogP contribution in [0.4, 0.5) is 5.69 Å². The van der Waals surface area contributed by atoms with E-state index in [2.05, 4.69) is 80.9 Å². The lowest BCUT2D eigenvalue weighted by molar-refractivity contribution is 0.246. The SMILES string of the molecule is COc1cc(N2CCN(C[C@@H]3C[C@H]3c3ccccc3)CC2)ccc1I. The molecule has 2 aliphatic rings. The number of benzene rings is 2. The summed E-state index contributed by atoms with van der Waals surface area (Å²) < 4.78 is 6.64. The third-order valence-electron chi connectivity index (χ3n) is 5.52. The summed E-state index contributed by atoms with van der Waals surface area (Å²) in [6.45, 7) is 5.78. The minimum Gasteiger partial charge on any atom is -0.496 e. The smallest absolute Gasteiger partial charge is 0.134 e. The predicted molar refractivity (Wildman–Crippen MR) is 112 cm³/mol. The zero-order valence-corrected chi connectivity index (χ0v) is 16.9. The molecule has 2 aromatic carbocycles. The van der Waals surface area contributed by atoms with Crippen LogP contribution in [0.5, 0.6) is 5.75 Å². The van der Waals surface area contributed by atoms with Gasteiger partial charge >= 0.3 is 0 Å². The second-order valence-corrected chi connectivity index (χ2v) is 8.28. The van der Waals surface area contributed by atoms with Crippen LogP contribution in [-0.2, 0) is 0 Å². The summed E-state index contributed by atoms with van der Waals surface area (Å²) in [4.78, 5) is 5.13. The molecule has 0 unspecified atom stereocenters.